The van der Waals surface area contributed by atoms with Crippen molar-refractivity contribution in [3.63, 3.8) is 0 Å². The molecule has 9 heteroatoms. The molecule has 0 aromatic carbocycles. The fourth-order valence-electron chi connectivity index (χ4n) is 9.46. The van der Waals surface area contributed by atoms with E-state index in [2.05, 4.69) is 55.6 Å². The number of carbonyl (C=O) groups is 1. The first kappa shape index (κ1) is 70.7. The van der Waals surface area contributed by atoms with E-state index in [1.54, 1.807) is 0 Å². The molecule has 426 valence electrons. The lowest BCUT2D eigenvalue weighted by Gasteiger charge is -2.30. The van der Waals surface area contributed by atoms with E-state index in [1.807, 2.05) is 21.1 Å². The highest BCUT2D eigenvalue weighted by molar-refractivity contribution is 7.45. The van der Waals surface area contributed by atoms with Gasteiger partial charge in [0, 0.05) is 6.42 Å². The van der Waals surface area contributed by atoms with Gasteiger partial charge in [0.25, 0.3) is 7.82 Å². The SMILES string of the molecule is CCCCCCC/C=C\C/C=C\C/C=C\CCCCCCCCCCCCCCCCCCCCCCCCC(=O)NC(COP(=O)([O-])OCC[N+](C)(C)C)C(O)CCCCCCCCCCCCCCC. The number of phosphoric acid groups is 1. The predicted octanol–water partition coefficient (Wildman–Crippen LogP) is 18.7. The minimum atomic E-state index is -4.57. The molecule has 0 aromatic rings. The fourth-order valence-corrected chi connectivity index (χ4v) is 10.2. The lowest BCUT2D eigenvalue weighted by Crippen LogP contribution is -2.46. The maximum Gasteiger partial charge on any atom is 0.268 e. The molecule has 2 N–H and O–H groups in total. The number of aliphatic hydroxyl groups excluding tert-OH is 1. The molecule has 0 aliphatic carbocycles. The van der Waals surface area contributed by atoms with Gasteiger partial charge in [0.2, 0.25) is 5.91 Å². The zero-order valence-corrected chi connectivity index (χ0v) is 49.5. The second kappa shape index (κ2) is 54.5. The summed E-state index contributed by atoms with van der Waals surface area (Å²) >= 11 is 0. The molecule has 0 saturated heterocycles. The lowest BCUT2D eigenvalue weighted by atomic mass is 10.0. The van der Waals surface area contributed by atoms with Crippen LogP contribution in [0.1, 0.15) is 309 Å². The van der Waals surface area contributed by atoms with Gasteiger partial charge in [0.15, 0.2) is 0 Å². The van der Waals surface area contributed by atoms with Crippen LogP contribution in [0.25, 0.3) is 0 Å². The second-order valence-corrected chi connectivity index (χ2v) is 24.2. The van der Waals surface area contributed by atoms with Gasteiger partial charge in [-0.3, -0.25) is 9.36 Å². The number of quaternary nitrogens is 1. The molecule has 0 spiro atoms. The van der Waals surface area contributed by atoms with Gasteiger partial charge < -0.3 is 28.8 Å². The standard InChI is InChI=1S/C63H123N2O6P/c1-6-8-10-12-14-16-18-20-21-22-23-24-25-26-27-28-29-30-31-32-33-34-35-36-37-38-39-40-41-42-43-45-47-49-51-53-55-57-63(67)64-61(60-71-72(68,69)70-59-58-65(3,4)5)62(66)56-54-52-50-48-46-44-19-17-15-13-11-9-7-2/h18,20,22-23,25-26,61-62,66H,6-17,19,21,24,27-60H2,1-5H3,(H-,64,67,68,69)/b20-18-,23-22-,26-25-. The van der Waals surface area contributed by atoms with Crippen molar-refractivity contribution in [1.82, 2.24) is 5.32 Å². The van der Waals surface area contributed by atoms with E-state index in [0.29, 0.717) is 23.9 Å². The normalized spacial score (nSPS) is 14.0. The van der Waals surface area contributed by atoms with Crippen molar-refractivity contribution < 1.29 is 32.9 Å². The van der Waals surface area contributed by atoms with E-state index in [9.17, 15) is 19.4 Å². The van der Waals surface area contributed by atoms with Gasteiger partial charge in [-0.1, -0.05) is 288 Å². The highest BCUT2D eigenvalue weighted by Crippen LogP contribution is 2.38. The summed E-state index contributed by atoms with van der Waals surface area (Å²) in [6.07, 6.45) is 70.6. The third kappa shape index (κ3) is 56.4. The summed E-state index contributed by atoms with van der Waals surface area (Å²) in [4.78, 5) is 25.5. The van der Waals surface area contributed by atoms with Crippen LogP contribution in [-0.4, -0.2) is 68.5 Å². The Morgan fingerprint density at radius 2 is 0.806 bits per heavy atom. The van der Waals surface area contributed by atoms with E-state index < -0.39 is 20.0 Å². The summed E-state index contributed by atoms with van der Waals surface area (Å²) in [5.41, 5.74) is 0. The zero-order valence-electron chi connectivity index (χ0n) is 48.6. The molecule has 0 aromatic heterocycles. The van der Waals surface area contributed by atoms with E-state index in [-0.39, 0.29) is 19.1 Å². The Labute approximate surface area is 448 Å². The fraction of sp³-hybridized carbons (Fsp3) is 0.889. The minimum Gasteiger partial charge on any atom is -0.756 e. The first-order valence-electron chi connectivity index (χ1n) is 31.3. The van der Waals surface area contributed by atoms with Crippen molar-refractivity contribution >= 4 is 13.7 Å². The van der Waals surface area contributed by atoms with Gasteiger partial charge in [-0.25, -0.2) is 0 Å². The number of rotatable bonds is 58. The van der Waals surface area contributed by atoms with Crippen molar-refractivity contribution in [3.8, 4) is 0 Å². The Hall–Kier alpha value is -1.28. The molecule has 0 aliphatic heterocycles. The smallest absolute Gasteiger partial charge is 0.268 e. The van der Waals surface area contributed by atoms with E-state index in [0.717, 1.165) is 51.4 Å². The number of hydrogen-bond donors (Lipinski definition) is 2. The van der Waals surface area contributed by atoms with Crippen LogP contribution < -0.4 is 10.2 Å². The van der Waals surface area contributed by atoms with Crippen LogP contribution >= 0.6 is 7.82 Å². The Kier molecular flexibility index (Phi) is 53.5. The molecular formula is C63H123N2O6P. The summed E-state index contributed by atoms with van der Waals surface area (Å²) in [6.45, 7) is 4.74. The average Bonchev–Trinajstić information content (AvgIpc) is 3.34. The number of allylic oxidation sites excluding steroid dienone is 6. The van der Waals surface area contributed by atoms with Gasteiger partial charge in [-0.05, 0) is 51.4 Å². The quantitative estimate of drug-likeness (QED) is 0.0272. The van der Waals surface area contributed by atoms with E-state index in [1.165, 1.54) is 231 Å². The molecular weight excluding hydrogens is 912 g/mol. The Balaban J connectivity index is 3.89. The molecule has 3 atom stereocenters. The molecule has 8 nitrogen and oxygen atoms in total. The summed E-state index contributed by atoms with van der Waals surface area (Å²) in [5.74, 6) is -0.160. The topological polar surface area (TPSA) is 108 Å². The van der Waals surface area contributed by atoms with Crippen LogP contribution in [0.5, 0.6) is 0 Å². The first-order chi connectivity index (χ1) is 35.0. The predicted molar refractivity (Wildman–Crippen MR) is 311 cm³/mol. The van der Waals surface area contributed by atoms with Crippen molar-refractivity contribution in [2.45, 2.75) is 321 Å². The van der Waals surface area contributed by atoms with Gasteiger partial charge in [0.05, 0.1) is 39.9 Å². The maximum atomic E-state index is 13.0. The molecule has 0 saturated carbocycles. The molecule has 72 heavy (non-hydrogen) atoms. The van der Waals surface area contributed by atoms with Gasteiger partial charge in [0.1, 0.15) is 13.2 Å². The molecule has 3 unspecified atom stereocenters. The number of carbonyl (C=O) groups excluding carboxylic acids is 1. The number of unbranched alkanes of at least 4 members (excludes halogenated alkanes) is 39. The average molecular weight is 1040 g/mol. The second-order valence-electron chi connectivity index (χ2n) is 22.8. The van der Waals surface area contributed by atoms with Crippen LogP contribution in [0.2, 0.25) is 0 Å². The highest BCUT2D eigenvalue weighted by Gasteiger charge is 2.24. The molecule has 0 fully saturated rings. The minimum absolute atomic E-state index is 0.0142. The van der Waals surface area contributed by atoms with Crippen molar-refractivity contribution in [2.24, 2.45) is 0 Å². The van der Waals surface area contributed by atoms with Gasteiger partial charge in [-0.2, -0.15) is 0 Å². The number of nitrogens with zero attached hydrogens (tertiary/aromatic N) is 1. The van der Waals surface area contributed by atoms with Crippen LogP contribution in [0.4, 0.5) is 0 Å². The number of likely N-dealkylation sites (N-methyl/N-ethyl adjacent to an activating group) is 1. The highest BCUT2D eigenvalue weighted by atomic mass is 31.2. The third-order valence-electron chi connectivity index (χ3n) is 14.4. The third-order valence-corrected chi connectivity index (χ3v) is 15.3. The summed E-state index contributed by atoms with van der Waals surface area (Å²) in [7, 11) is 1.32. The first-order valence-corrected chi connectivity index (χ1v) is 32.8. The number of aliphatic hydroxyl groups is 1. The van der Waals surface area contributed by atoms with Crippen LogP contribution in [0.3, 0.4) is 0 Å². The Morgan fingerprint density at radius 1 is 0.486 bits per heavy atom. The van der Waals surface area contributed by atoms with Crippen molar-refractivity contribution in [1.29, 1.82) is 0 Å². The maximum absolute atomic E-state index is 13.0. The zero-order chi connectivity index (χ0) is 52.7. The van der Waals surface area contributed by atoms with Crippen LogP contribution in [0, 0.1) is 0 Å². The van der Waals surface area contributed by atoms with E-state index in [4.69, 9.17) is 9.05 Å². The molecule has 0 aliphatic rings. The van der Waals surface area contributed by atoms with Gasteiger partial charge >= 0.3 is 0 Å². The summed E-state index contributed by atoms with van der Waals surface area (Å²) in [6, 6.07) is -0.798. The molecule has 0 radical (unpaired) electrons. The Bertz CT molecular complexity index is 1270. The summed E-state index contributed by atoms with van der Waals surface area (Å²) in [5, 5.41) is 14.0. The number of amides is 1. The van der Waals surface area contributed by atoms with Crippen molar-refractivity contribution in [3.05, 3.63) is 36.5 Å². The molecule has 0 bridgehead atoms. The molecule has 0 heterocycles. The Morgan fingerprint density at radius 3 is 1.17 bits per heavy atom. The van der Waals surface area contributed by atoms with Gasteiger partial charge in [-0.15, -0.1) is 0 Å². The molecule has 1 amide bonds. The number of nitrogens with one attached hydrogen (secondary N) is 1. The van der Waals surface area contributed by atoms with E-state index >= 15 is 0 Å². The lowest BCUT2D eigenvalue weighted by molar-refractivity contribution is -0.870. The monoisotopic (exact) mass is 1030 g/mol. The number of phosphoric ester groups is 1. The van der Waals surface area contributed by atoms with Crippen molar-refractivity contribution in [2.75, 3.05) is 40.9 Å². The number of hydrogen-bond acceptors (Lipinski definition) is 6. The summed E-state index contributed by atoms with van der Waals surface area (Å²) < 4.78 is 23.4. The van der Waals surface area contributed by atoms with Crippen LogP contribution in [-0.2, 0) is 18.4 Å². The largest absolute Gasteiger partial charge is 0.756 e. The molecule has 0 rings (SSSR count). The van der Waals surface area contributed by atoms with Crippen LogP contribution in [0.15, 0.2) is 36.5 Å².